The highest BCUT2D eigenvalue weighted by Gasteiger charge is 2.61. The van der Waals surface area contributed by atoms with Gasteiger partial charge in [-0.15, -0.1) is 5.10 Å². The second-order valence-electron chi connectivity index (χ2n) is 8.68. The van der Waals surface area contributed by atoms with Gasteiger partial charge < -0.3 is 5.32 Å². The lowest BCUT2D eigenvalue weighted by Crippen LogP contribution is -2.40. The van der Waals surface area contributed by atoms with E-state index in [1.807, 2.05) is 28.9 Å². The number of hydrogen-bond donors (Lipinski definition) is 1. The van der Waals surface area contributed by atoms with Crippen LogP contribution >= 0.6 is 0 Å². The number of imidazole rings is 1. The van der Waals surface area contributed by atoms with Gasteiger partial charge in [-0.05, 0) is 60.3 Å². The van der Waals surface area contributed by atoms with Crippen molar-refractivity contribution in [1.29, 1.82) is 0 Å². The highest BCUT2D eigenvalue weighted by atomic mass is 15.3. The summed E-state index contributed by atoms with van der Waals surface area (Å²) in [5.41, 5.74) is 3.65. The molecular formula is C21H25N5. The molecule has 2 aliphatic carbocycles. The van der Waals surface area contributed by atoms with Gasteiger partial charge in [0.05, 0.1) is 11.9 Å². The Balaban J connectivity index is 1.49. The normalized spacial score (nSPS) is 29.3. The number of rotatable bonds is 3. The lowest BCUT2D eigenvalue weighted by molar-refractivity contribution is 0.142. The average Bonchev–Trinajstić information content (AvgIpc) is 3.21. The summed E-state index contributed by atoms with van der Waals surface area (Å²) in [6, 6.07) is 8.56. The molecule has 5 rings (SSSR count). The van der Waals surface area contributed by atoms with Crippen LogP contribution in [0.2, 0.25) is 0 Å². The summed E-state index contributed by atoms with van der Waals surface area (Å²) in [5, 5.41) is 8.62. The van der Waals surface area contributed by atoms with Crippen molar-refractivity contribution in [3.8, 4) is 11.3 Å². The van der Waals surface area contributed by atoms with Crippen LogP contribution in [0.5, 0.6) is 0 Å². The average molecular weight is 347 g/mol. The molecule has 0 unspecified atom stereocenters. The summed E-state index contributed by atoms with van der Waals surface area (Å²) >= 11 is 0. The summed E-state index contributed by atoms with van der Waals surface area (Å²) in [4.78, 5) is 8.60. The Bertz CT molecular complexity index is 961. The third-order valence-electron chi connectivity index (χ3n) is 7.45. The molecule has 26 heavy (non-hydrogen) atoms. The van der Waals surface area contributed by atoms with Gasteiger partial charge in [0.1, 0.15) is 5.82 Å². The Hall–Kier alpha value is -2.43. The molecule has 2 aliphatic rings. The molecule has 0 aromatic carbocycles. The predicted molar refractivity (Wildman–Crippen MR) is 103 cm³/mol. The summed E-state index contributed by atoms with van der Waals surface area (Å²) in [7, 11) is 0. The molecule has 3 atom stereocenters. The van der Waals surface area contributed by atoms with Crippen LogP contribution in [0.25, 0.3) is 16.9 Å². The van der Waals surface area contributed by atoms with Crippen LogP contribution in [-0.4, -0.2) is 25.6 Å². The van der Waals surface area contributed by atoms with E-state index in [0.29, 0.717) is 16.9 Å². The van der Waals surface area contributed by atoms with Crippen molar-refractivity contribution in [3.63, 3.8) is 0 Å². The van der Waals surface area contributed by atoms with Gasteiger partial charge in [0.2, 0.25) is 0 Å². The molecule has 134 valence electrons. The fraction of sp³-hybridized carbons (Fsp3) is 0.476. The van der Waals surface area contributed by atoms with Crippen LogP contribution in [0, 0.1) is 16.7 Å². The summed E-state index contributed by atoms with van der Waals surface area (Å²) in [6.45, 7) is 7.34. The van der Waals surface area contributed by atoms with Crippen LogP contribution in [0.3, 0.4) is 0 Å². The molecule has 3 aromatic rings. The fourth-order valence-corrected chi connectivity index (χ4v) is 5.27. The standard InChI is InChI=1S/C21H25N5/c1-20(2)15-6-9-21(20,3)17(12-15)24-18-4-5-19-23-13-16(26(19)25-18)14-7-10-22-11-8-14/h4-5,7-8,10-11,13,15,17H,6,9,12H2,1-3H3,(H,24,25)/t15-,17-,21+/m1/s1. The maximum atomic E-state index is 4.86. The van der Waals surface area contributed by atoms with Gasteiger partial charge in [-0.2, -0.15) is 0 Å². The largest absolute Gasteiger partial charge is 0.365 e. The minimum Gasteiger partial charge on any atom is -0.365 e. The van der Waals surface area contributed by atoms with Gasteiger partial charge in [0.25, 0.3) is 0 Å². The quantitative estimate of drug-likeness (QED) is 0.762. The van der Waals surface area contributed by atoms with Crippen molar-refractivity contribution >= 4 is 11.5 Å². The van der Waals surface area contributed by atoms with Crippen molar-refractivity contribution in [2.75, 3.05) is 5.32 Å². The van der Waals surface area contributed by atoms with Gasteiger partial charge >= 0.3 is 0 Å². The molecule has 0 spiro atoms. The first-order valence-corrected chi connectivity index (χ1v) is 9.51. The van der Waals surface area contributed by atoms with Crippen LogP contribution in [0.1, 0.15) is 40.0 Å². The third-order valence-corrected chi connectivity index (χ3v) is 7.45. The number of anilines is 1. The molecular weight excluding hydrogens is 322 g/mol. The van der Waals surface area contributed by atoms with E-state index in [2.05, 4.69) is 42.1 Å². The van der Waals surface area contributed by atoms with Gasteiger partial charge in [0.15, 0.2) is 5.65 Å². The number of hydrogen-bond acceptors (Lipinski definition) is 4. The predicted octanol–water partition coefficient (Wildman–Crippen LogP) is 4.42. The van der Waals surface area contributed by atoms with E-state index in [9.17, 15) is 0 Å². The number of nitrogens with zero attached hydrogens (tertiary/aromatic N) is 4. The zero-order chi connectivity index (χ0) is 17.9. The molecule has 2 bridgehead atoms. The smallest absolute Gasteiger partial charge is 0.154 e. The lowest BCUT2D eigenvalue weighted by Gasteiger charge is -2.39. The van der Waals surface area contributed by atoms with Crippen molar-refractivity contribution in [1.82, 2.24) is 19.6 Å². The molecule has 3 heterocycles. The number of fused-ring (bicyclic) bond motifs is 3. The van der Waals surface area contributed by atoms with E-state index >= 15 is 0 Å². The highest BCUT2D eigenvalue weighted by Crippen LogP contribution is 2.65. The van der Waals surface area contributed by atoms with Crippen molar-refractivity contribution < 1.29 is 0 Å². The third kappa shape index (κ3) is 2.06. The van der Waals surface area contributed by atoms with Gasteiger partial charge in [-0.1, -0.05) is 20.8 Å². The Morgan fingerprint density at radius 1 is 1.12 bits per heavy atom. The lowest BCUT2D eigenvalue weighted by atomic mass is 9.69. The van der Waals surface area contributed by atoms with Crippen molar-refractivity contribution in [2.45, 2.75) is 46.1 Å². The Kier molecular flexibility index (Phi) is 3.21. The zero-order valence-electron chi connectivity index (χ0n) is 15.6. The summed E-state index contributed by atoms with van der Waals surface area (Å²) in [6.07, 6.45) is 9.39. The van der Waals surface area contributed by atoms with Crippen LogP contribution in [0.4, 0.5) is 5.82 Å². The topological polar surface area (TPSA) is 55.1 Å². The maximum absolute atomic E-state index is 4.86. The molecule has 0 aliphatic heterocycles. The van der Waals surface area contributed by atoms with Gasteiger partial charge in [-0.25, -0.2) is 9.50 Å². The second kappa shape index (κ2) is 5.29. The molecule has 3 aromatic heterocycles. The van der Waals surface area contributed by atoms with E-state index in [-0.39, 0.29) is 0 Å². The maximum Gasteiger partial charge on any atom is 0.154 e. The van der Waals surface area contributed by atoms with E-state index in [4.69, 9.17) is 5.10 Å². The molecule has 2 fully saturated rings. The molecule has 2 saturated carbocycles. The zero-order valence-corrected chi connectivity index (χ0v) is 15.6. The van der Waals surface area contributed by atoms with Crippen LogP contribution < -0.4 is 5.32 Å². The minimum absolute atomic E-state index is 0.331. The van der Waals surface area contributed by atoms with Crippen LogP contribution in [0.15, 0.2) is 42.9 Å². The number of nitrogens with one attached hydrogen (secondary N) is 1. The fourth-order valence-electron chi connectivity index (χ4n) is 5.27. The second-order valence-corrected chi connectivity index (χ2v) is 8.68. The van der Waals surface area contributed by atoms with E-state index in [1.54, 1.807) is 12.4 Å². The Morgan fingerprint density at radius 3 is 2.62 bits per heavy atom. The molecule has 5 heteroatoms. The summed E-state index contributed by atoms with van der Waals surface area (Å²) in [5.74, 6) is 1.75. The highest BCUT2D eigenvalue weighted by molar-refractivity contribution is 5.63. The van der Waals surface area contributed by atoms with E-state index in [1.165, 1.54) is 19.3 Å². The number of aromatic nitrogens is 4. The number of pyridine rings is 1. The summed E-state index contributed by atoms with van der Waals surface area (Å²) < 4.78 is 1.93. The Labute approximate surface area is 153 Å². The van der Waals surface area contributed by atoms with Gasteiger partial charge in [-0.3, -0.25) is 4.98 Å². The molecule has 0 radical (unpaired) electrons. The first-order valence-electron chi connectivity index (χ1n) is 9.51. The Morgan fingerprint density at radius 2 is 1.92 bits per heavy atom. The SMILES string of the molecule is CC1(C)[C@@H]2CC[C@@]1(C)[C@H](Nc1ccc3ncc(-c4ccncc4)n3n1)C2. The van der Waals surface area contributed by atoms with Gasteiger partial charge in [0, 0.05) is 24.0 Å². The van der Waals surface area contributed by atoms with E-state index < -0.39 is 0 Å². The van der Waals surface area contributed by atoms with E-state index in [0.717, 1.165) is 28.6 Å². The minimum atomic E-state index is 0.331. The van der Waals surface area contributed by atoms with Crippen molar-refractivity contribution in [2.24, 2.45) is 16.7 Å². The molecule has 1 N–H and O–H groups in total. The van der Waals surface area contributed by atoms with Crippen molar-refractivity contribution in [3.05, 3.63) is 42.9 Å². The molecule has 0 saturated heterocycles. The first kappa shape index (κ1) is 15.8. The molecule has 0 amide bonds. The molecule has 5 nitrogen and oxygen atoms in total. The first-order chi connectivity index (χ1) is 12.5. The van der Waals surface area contributed by atoms with Crippen LogP contribution in [-0.2, 0) is 0 Å². The monoisotopic (exact) mass is 347 g/mol.